The van der Waals surface area contributed by atoms with E-state index in [1.165, 1.54) is 17.1 Å². The van der Waals surface area contributed by atoms with E-state index in [1.54, 1.807) is 13.2 Å². The quantitative estimate of drug-likeness (QED) is 0.662. The Morgan fingerprint density at radius 2 is 2.14 bits per heavy atom. The SMILES string of the molecule is Cc1ccc(CNS(=O)(=O)N(C)CCCNC2CC2)cn1. The van der Waals surface area contributed by atoms with Crippen molar-refractivity contribution < 1.29 is 8.42 Å². The molecule has 1 aliphatic carbocycles. The van der Waals surface area contributed by atoms with Gasteiger partial charge in [0.1, 0.15) is 0 Å². The number of nitrogens with one attached hydrogen (secondary N) is 2. The lowest BCUT2D eigenvalue weighted by Crippen LogP contribution is -2.39. The highest BCUT2D eigenvalue weighted by atomic mass is 32.2. The van der Waals surface area contributed by atoms with Gasteiger partial charge < -0.3 is 5.32 Å². The molecule has 0 amide bonds. The van der Waals surface area contributed by atoms with Gasteiger partial charge in [-0.1, -0.05) is 6.07 Å². The van der Waals surface area contributed by atoms with Crippen LogP contribution in [0.1, 0.15) is 30.5 Å². The molecule has 1 fully saturated rings. The summed E-state index contributed by atoms with van der Waals surface area (Å²) in [4.78, 5) is 4.15. The standard InChI is InChI=1S/C14H24N4O2S/c1-12-4-5-13(10-16-12)11-17-21(19,20)18(2)9-3-8-15-14-6-7-14/h4-5,10,14-15,17H,3,6-9,11H2,1-2H3. The highest BCUT2D eigenvalue weighted by Gasteiger charge is 2.20. The second-order valence-corrected chi connectivity index (χ2v) is 7.40. The van der Waals surface area contributed by atoms with Gasteiger partial charge in [-0.15, -0.1) is 0 Å². The summed E-state index contributed by atoms with van der Waals surface area (Å²) in [6.45, 7) is 3.55. The van der Waals surface area contributed by atoms with Gasteiger partial charge in [0.2, 0.25) is 0 Å². The molecule has 2 rings (SSSR count). The maximum absolute atomic E-state index is 12.1. The molecule has 0 atom stereocenters. The zero-order valence-electron chi connectivity index (χ0n) is 12.7. The van der Waals surface area contributed by atoms with E-state index in [-0.39, 0.29) is 6.54 Å². The van der Waals surface area contributed by atoms with Crippen LogP contribution in [0, 0.1) is 6.92 Å². The van der Waals surface area contributed by atoms with E-state index in [0.29, 0.717) is 12.6 Å². The van der Waals surface area contributed by atoms with Gasteiger partial charge in [-0.05, 0) is 44.4 Å². The molecule has 0 aromatic carbocycles. The number of nitrogens with zero attached hydrogens (tertiary/aromatic N) is 2. The molecule has 1 aliphatic rings. The predicted molar refractivity (Wildman–Crippen MR) is 83.0 cm³/mol. The molecule has 1 aromatic heterocycles. The van der Waals surface area contributed by atoms with Crippen molar-refractivity contribution in [3.05, 3.63) is 29.6 Å². The molecule has 0 unspecified atom stereocenters. The van der Waals surface area contributed by atoms with Gasteiger partial charge in [-0.3, -0.25) is 4.98 Å². The van der Waals surface area contributed by atoms with Crippen molar-refractivity contribution in [2.45, 2.75) is 38.8 Å². The fourth-order valence-corrected chi connectivity index (χ4v) is 2.84. The highest BCUT2D eigenvalue weighted by Crippen LogP contribution is 2.18. The molecule has 0 radical (unpaired) electrons. The van der Waals surface area contributed by atoms with E-state index in [0.717, 1.165) is 24.2 Å². The fraction of sp³-hybridized carbons (Fsp3) is 0.643. The smallest absolute Gasteiger partial charge is 0.279 e. The second-order valence-electron chi connectivity index (χ2n) is 5.54. The number of hydrogen-bond acceptors (Lipinski definition) is 4. The van der Waals surface area contributed by atoms with Crippen LogP contribution in [0.2, 0.25) is 0 Å². The van der Waals surface area contributed by atoms with Crippen molar-refractivity contribution in [3.8, 4) is 0 Å². The van der Waals surface area contributed by atoms with Gasteiger partial charge >= 0.3 is 0 Å². The van der Waals surface area contributed by atoms with Crippen LogP contribution in [-0.2, 0) is 16.8 Å². The lowest BCUT2D eigenvalue weighted by molar-refractivity contribution is 0.444. The predicted octanol–water partition coefficient (Wildman–Crippen LogP) is 0.798. The molecule has 2 N–H and O–H groups in total. The number of hydrogen-bond donors (Lipinski definition) is 2. The highest BCUT2D eigenvalue weighted by molar-refractivity contribution is 7.87. The number of aromatic nitrogens is 1. The molecule has 1 saturated carbocycles. The Bertz CT molecular complexity index is 541. The molecule has 1 aromatic rings. The summed E-state index contributed by atoms with van der Waals surface area (Å²) in [5, 5.41) is 3.38. The van der Waals surface area contributed by atoms with E-state index in [1.807, 2.05) is 19.1 Å². The van der Waals surface area contributed by atoms with Gasteiger partial charge in [0, 0.05) is 38.1 Å². The van der Waals surface area contributed by atoms with Crippen molar-refractivity contribution in [2.24, 2.45) is 0 Å². The van der Waals surface area contributed by atoms with Gasteiger partial charge in [0.15, 0.2) is 0 Å². The topological polar surface area (TPSA) is 74.3 Å². The Hall–Kier alpha value is -1.02. The zero-order chi connectivity index (χ0) is 15.3. The first-order chi connectivity index (χ1) is 9.97. The van der Waals surface area contributed by atoms with Crippen LogP contribution < -0.4 is 10.0 Å². The first-order valence-electron chi connectivity index (χ1n) is 7.33. The average Bonchev–Trinajstić information content (AvgIpc) is 3.27. The van der Waals surface area contributed by atoms with E-state index >= 15 is 0 Å². The van der Waals surface area contributed by atoms with Crippen LogP contribution in [0.4, 0.5) is 0 Å². The molecule has 6 nitrogen and oxygen atoms in total. The molecule has 118 valence electrons. The molecule has 0 spiro atoms. The van der Waals surface area contributed by atoms with Crippen molar-refractivity contribution >= 4 is 10.2 Å². The Labute approximate surface area is 127 Å². The average molecular weight is 312 g/mol. The summed E-state index contributed by atoms with van der Waals surface area (Å²) in [5.41, 5.74) is 1.77. The van der Waals surface area contributed by atoms with Gasteiger partial charge in [-0.2, -0.15) is 17.4 Å². The van der Waals surface area contributed by atoms with Crippen LogP contribution in [0.15, 0.2) is 18.3 Å². The number of rotatable bonds is 9. The van der Waals surface area contributed by atoms with Crippen molar-refractivity contribution in [1.82, 2.24) is 19.3 Å². The zero-order valence-corrected chi connectivity index (χ0v) is 13.5. The van der Waals surface area contributed by atoms with Crippen LogP contribution in [-0.4, -0.2) is 43.9 Å². The van der Waals surface area contributed by atoms with Crippen LogP contribution in [0.25, 0.3) is 0 Å². The Morgan fingerprint density at radius 3 is 2.76 bits per heavy atom. The van der Waals surface area contributed by atoms with Gasteiger partial charge in [0.05, 0.1) is 0 Å². The summed E-state index contributed by atoms with van der Waals surface area (Å²) in [6.07, 6.45) is 5.01. The van der Waals surface area contributed by atoms with Gasteiger partial charge in [-0.25, -0.2) is 0 Å². The lowest BCUT2D eigenvalue weighted by atomic mass is 10.2. The molecule has 1 heterocycles. The molecular weight excluding hydrogens is 288 g/mol. The van der Waals surface area contributed by atoms with E-state index in [9.17, 15) is 8.42 Å². The molecule has 0 bridgehead atoms. The second kappa shape index (κ2) is 7.31. The van der Waals surface area contributed by atoms with E-state index < -0.39 is 10.2 Å². The minimum absolute atomic E-state index is 0.264. The van der Waals surface area contributed by atoms with E-state index in [2.05, 4.69) is 15.0 Å². The third-order valence-corrected chi connectivity index (χ3v) is 5.01. The third kappa shape index (κ3) is 5.70. The van der Waals surface area contributed by atoms with Gasteiger partial charge in [0.25, 0.3) is 10.2 Å². The minimum Gasteiger partial charge on any atom is -0.314 e. The maximum atomic E-state index is 12.1. The summed E-state index contributed by atoms with van der Waals surface area (Å²) in [7, 11) is -1.82. The summed E-state index contributed by atoms with van der Waals surface area (Å²) < 4.78 is 28.1. The maximum Gasteiger partial charge on any atom is 0.279 e. The first-order valence-corrected chi connectivity index (χ1v) is 8.77. The Balaban J connectivity index is 1.72. The fourth-order valence-electron chi connectivity index (χ4n) is 1.90. The number of aryl methyl sites for hydroxylation is 1. The number of pyridine rings is 1. The minimum atomic E-state index is -3.43. The molecule has 7 heteroatoms. The van der Waals surface area contributed by atoms with Crippen molar-refractivity contribution in [3.63, 3.8) is 0 Å². The summed E-state index contributed by atoms with van der Waals surface area (Å²) in [5.74, 6) is 0. The molecular formula is C14H24N4O2S. The normalized spacial score (nSPS) is 15.6. The van der Waals surface area contributed by atoms with Crippen LogP contribution in [0.3, 0.4) is 0 Å². The lowest BCUT2D eigenvalue weighted by Gasteiger charge is -2.17. The monoisotopic (exact) mass is 312 g/mol. The third-order valence-electron chi connectivity index (χ3n) is 3.50. The molecule has 21 heavy (non-hydrogen) atoms. The van der Waals surface area contributed by atoms with E-state index in [4.69, 9.17) is 0 Å². The first kappa shape index (κ1) is 16.4. The Kier molecular flexibility index (Phi) is 5.69. The van der Waals surface area contributed by atoms with Crippen LogP contribution in [0.5, 0.6) is 0 Å². The largest absolute Gasteiger partial charge is 0.314 e. The summed E-state index contributed by atoms with van der Waals surface area (Å²) in [6, 6.07) is 4.42. The Morgan fingerprint density at radius 1 is 1.38 bits per heavy atom. The van der Waals surface area contributed by atoms with Crippen LogP contribution >= 0.6 is 0 Å². The summed E-state index contributed by atoms with van der Waals surface area (Å²) >= 11 is 0. The van der Waals surface area contributed by atoms with Crippen molar-refractivity contribution in [1.29, 1.82) is 0 Å². The molecule has 0 aliphatic heterocycles. The molecule has 0 saturated heterocycles. The van der Waals surface area contributed by atoms with Crippen molar-refractivity contribution in [2.75, 3.05) is 20.1 Å².